The molecule has 1 heterocycles. The van der Waals surface area contributed by atoms with Gasteiger partial charge in [0.05, 0.1) is 6.04 Å². The van der Waals surface area contributed by atoms with Gasteiger partial charge < -0.3 is 10.6 Å². The van der Waals surface area contributed by atoms with Crippen LogP contribution in [-0.4, -0.2) is 29.5 Å². The zero-order chi connectivity index (χ0) is 12.4. The van der Waals surface area contributed by atoms with Gasteiger partial charge in [0.15, 0.2) is 5.96 Å². The van der Waals surface area contributed by atoms with E-state index in [0.29, 0.717) is 12.1 Å². The molecular formula is C15H27N3. The molecule has 102 valence electrons. The molecule has 3 fully saturated rings. The molecule has 1 aliphatic heterocycles. The van der Waals surface area contributed by atoms with Crippen molar-refractivity contribution in [3.8, 4) is 0 Å². The standard InChI is InChI=1S/C15H27N3/c16-15(17-13-8-2-3-9-13)18-11-5-7-12-6-1-4-10-14(12)18/h12-14H,1-11H2,(H2,16,17)/t12-,14-/m1/s1. The summed E-state index contributed by atoms with van der Waals surface area (Å²) in [6, 6.07) is 1.23. The summed E-state index contributed by atoms with van der Waals surface area (Å²) in [6.07, 6.45) is 13.5. The van der Waals surface area contributed by atoms with Crippen molar-refractivity contribution in [2.24, 2.45) is 16.6 Å². The van der Waals surface area contributed by atoms with Gasteiger partial charge in [-0.05, 0) is 44.4 Å². The van der Waals surface area contributed by atoms with Crippen molar-refractivity contribution in [1.29, 1.82) is 0 Å². The molecule has 2 saturated carbocycles. The van der Waals surface area contributed by atoms with Crippen LogP contribution in [0.2, 0.25) is 0 Å². The third kappa shape index (κ3) is 2.50. The molecule has 2 aliphatic carbocycles. The fraction of sp³-hybridized carbons (Fsp3) is 0.933. The molecule has 2 N–H and O–H groups in total. The van der Waals surface area contributed by atoms with Crippen molar-refractivity contribution in [2.45, 2.75) is 76.3 Å². The normalized spacial score (nSPS) is 34.7. The lowest BCUT2D eigenvalue weighted by Gasteiger charge is -2.44. The van der Waals surface area contributed by atoms with Crippen LogP contribution in [0.4, 0.5) is 0 Å². The number of likely N-dealkylation sites (tertiary alicyclic amines) is 1. The summed E-state index contributed by atoms with van der Waals surface area (Å²) in [5.74, 6) is 1.75. The van der Waals surface area contributed by atoms with E-state index in [-0.39, 0.29) is 0 Å². The van der Waals surface area contributed by atoms with Crippen molar-refractivity contribution in [2.75, 3.05) is 6.54 Å². The largest absolute Gasteiger partial charge is 0.370 e. The van der Waals surface area contributed by atoms with Gasteiger partial charge >= 0.3 is 0 Å². The van der Waals surface area contributed by atoms with Crippen LogP contribution in [0, 0.1) is 5.92 Å². The number of aliphatic imine (C=N–C) groups is 1. The smallest absolute Gasteiger partial charge is 0.191 e. The highest BCUT2D eigenvalue weighted by molar-refractivity contribution is 5.78. The minimum Gasteiger partial charge on any atom is -0.370 e. The lowest BCUT2D eigenvalue weighted by Crippen LogP contribution is -2.52. The zero-order valence-corrected chi connectivity index (χ0v) is 11.5. The Balaban J connectivity index is 1.68. The first-order chi connectivity index (χ1) is 8.84. The molecule has 0 aromatic heterocycles. The molecular weight excluding hydrogens is 222 g/mol. The van der Waals surface area contributed by atoms with Crippen LogP contribution in [0.3, 0.4) is 0 Å². The van der Waals surface area contributed by atoms with Crippen LogP contribution < -0.4 is 5.73 Å². The van der Waals surface area contributed by atoms with Crippen LogP contribution in [0.5, 0.6) is 0 Å². The number of nitrogens with two attached hydrogens (primary N) is 1. The number of hydrogen-bond donors (Lipinski definition) is 1. The van der Waals surface area contributed by atoms with Gasteiger partial charge in [-0.3, -0.25) is 0 Å². The predicted octanol–water partition coefficient (Wildman–Crippen LogP) is 2.90. The fourth-order valence-corrected chi connectivity index (χ4v) is 4.20. The molecule has 3 heteroatoms. The summed E-state index contributed by atoms with van der Waals surface area (Å²) in [6.45, 7) is 1.14. The quantitative estimate of drug-likeness (QED) is 0.573. The number of piperidine rings is 1. The molecule has 0 bridgehead atoms. The van der Waals surface area contributed by atoms with Crippen LogP contribution in [-0.2, 0) is 0 Å². The topological polar surface area (TPSA) is 41.6 Å². The number of guanidine groups is 1. The molecule has 3 nitrogen and oxygen atoms in total. The second-order valence-electron chi connectivity index (χ2n) is 6.37. The summed E-state index contributed by atoms with van der Waals surface area (Å²) >= 11 is 0. The minimum atomic E-state index is 0.522. The molecule has 0 aromatic rings. The lowest BCUT2D eigenvalue weighted by atomic mass is 9.78. The highest BCUT2D eigenvalue weighted by Gasteiger charge is 2.34. The first kappa shape index (κ1) is 12.3. The average Bonchev–Trinajstić information content (AvgIpc) is 2.91. The molecule has 3 rings (SSSR count). The third-order valence-electron chi connectivity index (χ3n) is 5.18. The third-order valence-corrected chi connectivity index (χ3v) is 5.18. The molecule has 1 saturated heterocycles. The average molecular weight is 249 g/mol. The second kappa shape index (κ2) is 5.50. The summed E-state index contributed by atoms with van der Waals surface area (Å²) < 4.78 is 0. The Hall–Kier alpha value is -0.730. The Kier molecular flexibility index (Phi) is 3.76. The molecule has 0 radical (unpaired) electrons. The Bertz CT molecular complexity index is 305. The van der Waals surface area contributed by atoms with E-state index < -0.39 is 0 Å². The van der Waals surface area contributed by atoms with Crippen LogP contribution in [0.15, 0.2) is 4.99 Å². The Morgan fingerprint density at radius 3 is 2.39 bits per heavy atom. The van der Waals surface area contributed by atoms with Crippen molar-refractivity contribution in [3.63, 3.8) is 0 Å². The highest BCUT2D eigenvalue weighted by Crippen LogP contribution is 2.35. The van der Waals surface area contributed by atoms with Crippen LogP contribution in [0.25, 0.3) is 0 Å². The monoisotopic (exact) mass is 249 g/mol. The van der Waals surface area contributed by atoms with Gasteiger partial charge in [-0.2, -0.15) is 0 Å². The fourth-order valence-electron chi connectivity index (χ4n) is 4.20. The number of rotatable bonds is 1. The Labute approximate surface area is 111 Å². The molecule has 3 aliphatic rings. The molecule has 0 spiro atoms. The maximum Gasteiger partial charge on any atom is 0.191 e. The Morgan fingerprint density at radius 1 is 0.889 bits per heavy atom. The van der Waals surface area contributed by atoms with Gasteiger partial charge in [-0.25, -0.2) is 4.99 Å². The van der Waals surface area contributed by atoms with Gasteiger partial charge in [0.25, 0.3) is 0 Å². The molecule has 2 atom stereocenters. The number of nitrogens with zero attached hydrogens (tertiary/aromatic N) is 2. The van der Waals surface area contributed by atoms with Gasteiger partial charge in [-0.15, -0.1) is 0 Å². The molecule has 0 amide bonds. The number of hydrogen-bond acceptors (Lipinski definition) is 1. The van der Waals surface area contributed by atoms with Gasteiger partial charge in [0.2, 0.25) is 0 Å². The molecule has 0 unspecified atom stereocenters. The van der Waals surface area contributed by atoms with E-state index in [2.05, 4.69) is 4.90 Å². The maximum atomic E-state index is 6.31. The van der Waals surface area contributed by atoms with Gasteiger partial charge in [-0.1, -0.05) is 25.7 Å². The van der Waals surface area contributed by atoms with Gasteiger partial charge in [0.1, 0.15) is 0 Å². The van der Waals surface area contributed by atoms with E-state index in [4.69, 9.17) is 10.7 Å². The van der Waals surface area contributed by atoms with Crippen LogP contribution in [0.1, 0.15) is 64.2 Å². The van der Waals surface area contributed by atoms with Crippen molar-refractivity contribution >= 4 is 5.96 Å². The van der Waals surface area contributed by atoms with E-state index in [9.17, 15) is 0 Å². The van der Waals surface area contributed by atoms with E-state index in [0.717, 1.165) is 18.4 Å². The SMILES string of the molecule is NC(=NC1CCCC1)N1CCC[C@H]2CCCC[C@H]21. The first-order valence-corrected chi connectivity index (χ1v) is 7.94. The molecule has 18 heavy (non-hydrogen) atoms. The summed E-state index contributed by atoms with van der Waals surface area (Å²) in [5, 5.41) is 0. The minimum absolute atomic E-state index is 0.522. The van der Waals surface area contributed by atoms with Crippen molar-refractivity contribution in [3.05, 3.63) is 0 Å². The van der Waals surface area contributed by atoms with Crippen molar-refractivity contribution < 1.29 is 0 Å². The first-order valence-electron chi connectivity index (χ1n) is 7.94. The van der Waals surface area contributed by atoms with Crippen molar-refractivity contribution in [1.82, 2.24) is 4.90 Å². The van der Waals surface area contributed by atoms with E-state index in [1.54, 1.807) is 0 Å². The lowest BCUT2D eigenvalue weighted by molar-refractivity contribution is 0.117. The second-order valence-corrected chi connectivity index (χ2v) is 6.37. The highest BCUT2D eigenvalue weighted by atomic mass is 15.3. The van der Waals surface area contributed by atoms with E-state index >= 15 is 0 Å². The summed E-state index contributed by atoms with van der Waals surface area (Å²) in [5.41, 5.74) is 6.31. The van der Waals surface area contributed by atoms with Gasteiger partial charge in [0, 0.05) is 12.6 Å². The Morgan fingerprint density at radius 2 is 1.56 bits per heavy atom. The summed E-state index contributed by atoms with van der Waals surface area (Å²) in [4.78, 5) is 7.26. The predicted molar refractivity (Wildman–Crippen MR) is 75.6 cm³/mol. The van der Waals surface area contributed by atoms with Crippen LogP contribution >= 0.6 is 0 Å². The zero-order valence-electron chi connectivity index (χ0n) is 11.5. The number of fused-ring (bicyclic) bond motifs is 1. The summed E-state index contributed by atoms with van der Waals surface area (Å²) in [7, 11) is 0. The molecule has 0 aromatic carbocycles. The van der Waals surface area contributed by atoms with E-state index in [1.807, 2.05) is 0 Å². The van der Waals surface area contributed by atoms with E-state index in [1.165, 1.54) is 64.2 Å². The maximum absolute atomic E-state index is 6.31.